The summed E-state index contributed by atoms with van der Waals surface area (Å²) < 4.78 is 0. The number of aromatic nitrogens is 1. The van der Waals surface area contributed by atoms with Crippen molar-refractivity contribution >= 4 is 17.5 Å². The van der Waals surface area contributed by atoms with E-state index in [1.807, 2.05) is 60.7 Å². The Kier molecular flexibility index (Phi) is 3.76. The average Bonchev–Trinajstić information content (AvgIpc) is 3.24. The standard InChI is InChI=1S/C23H19N3O2/c27-21(25-13-15-6-2-1-3-7-15)20-10-16-11-23(12-17(16)14-24-20)18-8-4-5-9-19(18)26-22(23)28/h1-10,14H,11-13H2,(H,25,27)(H,26,28). The molecule has 0 saturated carbocycles. The molecule has 138 valence electrons. The van der Waals surface area contributed by atoms with Gasteiger partial charge in [-0.15, -0.1) is 0 Å². The number of carbonyl (C=O) groups excluding carboxylic acids is 2. The maximum atomic E-state index is 12.8. The van der Waals surface area contributed by atoms with Gasteiger partial charge in [-0.25, -0.2) is 0 Å². The number of anilines is 1. The molecule has 2 N–H and O–H groups in total. The molecule has 1 spiro atoms. The highest BCUT2D eigenvalue weighted by molar-refractivity contribution is 6.07. The average molecular weight is 369 g/mol. The number of nitrogens with one attached hydrogen (secondary N) is 2. The highest BCUT2D eigenvalue weighted by Gasteiger charge is 2.50. The van der Waals surface area contributed by atoms with Crippen LogP contribution in [0.2, 0.25) is 0 Å². The van der Waals surface area contributed by atoms with Crippen LogP contribution in [0.25, 0.3) is 0 Å². The zero-order valence-corrected chi connectivity index (χ0v) is 15.2. The lowest BCUT2D eigenvalue weighted by Crippen LogP contribution is -2.35. The number of hydrogen-bond donors (Lipinski definition) is 2. The van der Waals surface area contributed by atoms with Crippen LogP contribution in [0.3, 0.4) is 0 Å². The van der Waals surface area contributed by atoms with Gasteiger partial charge in [0.1, 0.15) is 5.69 Å². The number of hydrogen-bond acceptors (Lipinski definition) is 3. The summed E-state index contributed by atoms with van der Waals surface area (Å²) in [6.45, 7) is 0.457. The smallest absolute Gasteiger partial charge is 0.270 e. The van der Waals surface area contributed by atoms with Crippen molar-refractivity contribution in [2.24, 2.45) is 0 Å². The summed E-state index contributed by atoms with van der Waals surface area (Å²) in [5.74, 6) is -0.177. The molecule has 0 radical (unpaired) electrons. The molecule has 3 aromatic rings. The Bertz CT molecular complexity index is 1090. The Balaban J connectivity index is 1.38. The van der Waals surface area contributed by atoms with Gasteiger partial charge in [0.25, 0.3) is 5.91 Å². The summed E-state index contributed by atoms with van der Waals surface area (Å²) in [5, 5.41) is 5.91. The fourth-order valence-electron chi connectivity index (χ4n) is 4.28. The van der Waals surface area contributed by atoms with Gasteiger partial charge >= 0.3 is 0 Å². The van der Waals surface area contributed by atoms with Crippen LogP contribution in [0.15, 0.2) is 66.9 Å². The van der Waals surface area contributed by atoms with Crippen LogP contribution in [-0.2, 0) is 29.6 Å². The molecular formula is C23H19N3O2. The van der Waals surface area contributed by atoms with Crippen LogP contribution in [0.5, 0.6) is 0 Å². The monoisotopic (exact) mass is 369 g/mol. The van der Waals surface area contributed by atoms with Gasteiger partial charge in [-0.3, -0.25) is 14.6 Å². The normalized spacial score (nSPS) is 19.2. The highest BCUT2D eigenvalue weighted by atomic mass is 16.2. The van der Waals surface area contributed by atoms with Crippen molar-refractivity contribution in [3.8, 4) is 0 Å². The van der Waals surface area contributed by atoms with Gasteiger partial charge < -0.3 is 10.6 Å². The maximum Gasteiger partial charge on any atom is 0.270 e. The summed E-state index contributed by atoms with van der Waals surface area (Å²) in [4.78, 5) is 29.7. The second-order valence-corrected chi connectivity index (χ2v) is 7.44. The van der Waals surface area contributed by atoms with Crippen LogP contribution < -0.4 is 10.6 Å². The molecule has 1 atom stereocenters. The predicted molar refractivity (Wildman–Crippen MR) is 106 cm³/mol. The number of fused-ring (bicyclic) bond motifs is 3. The minimum Gasteiger partial charge on any atom is -0.347 e. The van der Waals surface area contributed by atoms with Crippen LogP contribution >= 0.6 is 0 Å². The number of benzene rings is 2. The van der Waals surface area contributed by atoms with E-state index in [1.54, 1.807) is 6.20 Å². The number of carbonyl (C=O) groups is 2. The molecule has 5 heteroatoms. The Morgan fingerprint density at radius 3 is 2.64 bits per heavy atom. The number of rotatable bonds is 3. The minimum absolute atomic E-state index is 0.0278. The number of nitrogens with zero attached hydrogens (tertiary/aromatic N) is 1. The van der Waals surface area contributed by atoms with Crippen molar-refractivity contribution in [2.45, 2.75) is 24.8 Å². The first kappa shape index (κ1) is 16.7. The quantitative estimate of drug-likeness (QED) is 0.746. The van der Waals surface area contributed by atoms with E-state index in [4.69, 9.17) is 0 Å². The Morgan fingerprint density at radius 1 is 1.04 bits per heavy atom. The topological polar surface area (TPSA) is 71.1 Å². The van der Waals surface area contributed by atoms with Crippen molar-refractivity contribution in [3.05, 3.63) is 94.8 Å². The first-order chi connectivity index (χ1) is 13.7. The van der Waals surface area contributed by atoms with Crippen molar-refractivity contribution in [1.82, 2.24) is 10.3 Å². The molecule has 2 amide bonds. The summed E-state index contributed by atoms with van der Waals surface area (Å²) >= 11 is 0. The summed E-state index contributed by atoms with van der Waals surface area (Å²) in [6.07, 6.45) is 2.95. The number of pyridine rings is 1. The van der Waals surface area contributed by atoms with Gasteiger partial charge in [0.15, 0.2) is 0 Å². The molecule has 1 unspecified atom stereocenters. The fourth-order valence-corrected chi connectivity index (χ4v) is 4.28. The SMILES string of the molecule is O=C(NCc1ccccc1)c1cc2c(cn1)CC1(C2)C(=O)Nc2ccccc21. The number of para-hydroxylation sites is 1. The van der Waals surface area contributed by atoms with Gasteiger partial charge in [0.2, 0.25) is 5.91 Å². The lowest BCUT2D eigenvalue weighted by molar-refractivity contribution is -0.120. The molecule has 5 nitrogen and oxygen atoms in total. The van der Waals surface area contributed by atoms with Crippen molar-refractivity contribution in [3.63, 3.8) is 0 Å². The molecule has 2 heterocycles. The Hall–Kier alpha value is -3.47. The van der Waals surface area contributed by atoms with Crippen LogP contribution in [0.4, 0.5) is 5.69 Å². The van der Waals surface area contributed by atoms with E-state index in [9.17, 15) is 9.59 Å². The lowest BCUT2D eigenvalue weighted by Gasteiger charge is -2.20. The molecule has 5 rings (SSSR count). The first-order valence-corrected chi connectivity index (χ1v) is 9.37. The van der Waals surface area contributed by atoms with E-state index in [1.165, 1.54) is 0 Å². The molecule has 2 aromatic carbocycles. The van der Waals surface area contributed by atoms with Crippen molar-refractivity contribution < 1.29 is 9.59 Å². The second-order valence-electron chi connectivity index (χ2n) is 7.44. The van der Waals surface area contributed by atoms with Crippen LogP contribution in [-0.4, -0.2) is 16.8 Å². The van der Waals surface area contributed by atoms with E-state index in [0.717, 1.165) is 27.9 Å². The Labute approximate surface area is 162 Å². The Morgan fingerprint density at radius 2 is 1.79 bits per heavy atom. The molecule has 0 saturated heterocycles. The molecule has 1 aromatic heterocycles. The second kappa shape index (κ2) is 6.30. The molecule has 1 aliphatic heterocycles. The molecule has 0 bridgehead atoms. The number of amides is 2. The molecular weight excluding hydrogens is 350 g/mol. The van der Waals surface area contributed by atoms with Crippen LogP contribution in [0, 0.1) is 0 Å². The lowest BCUT2D eigenvalue weighted by atomic mass is 9.79. The highest BCUT2D eigenvalue weighted by Crippen LogP contribution is 2.47. The van der Waals surface area contributed by atoms with Crippen molar-refractivity contribution in [1.29, 1.82) is 0 Å². The third-order valence-corrected chi connectivity index (χ3v) is 5.72. The molecule has 0 fully saturated rings. The largest absolute Gasteiger partial charge is 0.347 e. The van der Waals surface area contributed by atoms with Crippen LogP contribution in [0.1, 0.15) is 32.7 Å². The summed E-state index contributed by atoms with van der Waals surface area (Å²) in [7, 11) is 0. The summed E-state index contributed by atoms with van der Waals surface area (Å²) in [6, 6.07) is 19.4. The van der Waals surface area contributed by atoms with Crippen molar-refractivity contribution in [2.75, 3.05) is 5.32 Å². The summed E-state index contributed by atoms with van der Waals surface area (Å²) in [5.41, 5.74) is 4.81. The van der Waals surface area contributed by atoms with Gasteiger partial charge in [-0.05, 0) is 47.2 Å². The zero-order chi connectivity index (χ0) is 19.1. The van der Waals surface area contributed by atoms with Gasteiger partial charge in [-0.1, -0.05) is 48.5 Å². The minimum atomic E-state index is -0.584. The molecule has 28 heavy (non-hydrogen) atoms. The first-order valence-electron chi connectivity index (χ1n) is 9.37. The molecule has 1 aliphatic carbocycles. The fraction of sp³-hybridized carbons (Fsp3) is 0.174. The van der Waals surface area contributed by atoms with Gasteiger partial charge in [0, 0.05) is 18.4 Å². The van der Waals surface area contributed by atoms with E-state index < -0.39 is 5.41 Å². The third-order valence-electron chi connectivity index (χ3n) is 5.72. The van der Waals surface area contributed by atoms with E-state index in [-0.39, 0.29) is 11.8 Å². The van der Waals surface area contributed by atoms with E-state index in [2.05, 4.69) is 15.6 Å². The molecule has 2 aliphatic rings. The van der Waals surface area contributed by atoms with Gasteiger partial charge in [0.05, 0.1) is 5.41 Å². The van der Waals surface area contributed by atoms with Gasteiger partial charge in [-0.2, -0.15) is 0 Å². The van der Waals surface area contributed by atoms with E-state index in [0.29, 0.717) is 25.1 Å². The maximum absolute atomic E-state index is 12.8. The zero-order valence-electron chi connectivity index (χ0n) is 15.2. The third kappa shape index (κ3) is 2.59. The predicted octanol–water partition coefficient (Wildman–Crippen LogP) is 3.00. The van der Waals surface area contributed by atoms with E-state index >= 15 is 0 Å².